The number of allylic oxidation sites excluding steroid dienone is 1. The highest BCUT2D eigenvalue weighted by molar-refractivity contribution is 6.01. The van der Waals surface area contributed by atoms with Crippen molar-refractivity contribution in [1.29, 1.82) is 0 Å². The number of nitrogens with one attached hydrogen (secondary N) is 1. The van der Waals surface area contributed by atoms with Gasteiger partial charge in [-0.15, -0.1) is 0 Å². The average molecular weight is 485 g/mol. The minimum Gasteiger partial charge on any atom is -0.497 e. The fraction of sp³-hybridized carbons (Fsp3) is 0.179. The Kier molecular flexibility index (Phi) is 6.01. The van der Waals surface area contributed by atoms with Gasteiger partial charge in [0.15, 0.2) is 0 Å². The summed E-state index contributed by atoms with van der Waals surface area (Å²) in [5, 5.41) is 7.22. The van der Waals surface area contributed by atoms with Gasteiger partial charge in [-0.05, 0) is 56.2 Å². The van der Waals surface area contributed by atoms with Crippen LogP contribution in [0, 0.1) is 19.7 Å². The van der Waals surface area contributed by atoms with Crippen LogP contribution in [-0.4, -0.2) is 23.3 Å². The van der Waals surface area contributed by atoms with Crippen LogP contribution in [0.1, 0.15) is 35.5 Å². The number of methoxy groups -OCH3 is 1. The Morgan fingerprint density at radius 2 is 1.72 bits per heavy atom. The first-order valence-corrected chi connectivity index (χ1v) is 11.5. The number of carbonyl (C=O) groups is 1. The molecule has 0 saturated carbocycles. The zero-order valence-corrected chi connectivity index (χ0v) is 20.4. The summed E-state index contributed by atoms with van der Waals surface area (Å²) in [5.41, 5.74) is 4.81. The normalized spacial score (nSPS) is 15.8. The molecule has 4 aromatic rings. The van der Waals surface area contributed by atoms with Gasteiger partial charge in [0.25, 0.3) is 5.89 Å². The smallest absolute Gasteiger partial charge is 0.327 e. The van der Waals surface area contributed by atoms with Crippen LogP contribution in [0.2, 0.25) is 0 Å². The lowest BCUT2D eigenvalue weighted by Crippen LogP contribution is -2.46. The van der Waals surface area contributed by atoms with Crippen molar-refractivity contribution in [2.45, 2.75) is 26.8 Å². The molecule has 1 aliphatic rings. The molecule has 0 aliphatic carbocycles. The number of amides is 2. The molecule has 0 fully saturated rings. The van der Waals surface area contributed by atoms with Gasteiger partial charge in [-0.1, -0.05) is 53.2 Å². The molecule has 1 unspecified atom stereocenters. The van der Waals surface area contributed by atoms with Gasteiger partial charge in [0, 0.05) is 11.3 Å². The minimum absolute atomic E-state index is 0.265. The summed E-state index contributed by atoms with van der Waals surface area (Å²) in [6.07, 6.45) is 0. The van der Waals surface area contributed by atoms with Gasteiger partial charge in [-0.3, -0.25) is 4.90 Å². The fourth-order valence-corrected chi connectivity index (χ4v) is 4.25. The van der Waals surface area contributed by atoms with Crippen LogP contribution < -0.4 is 15.0 Å². The van der Waals surface area contributed by atoms with Crippen molar-refractivity contribution < 1.29 is 18.4 Å². The standard InChI is InChI=1S/C28H25FN4O3/c1-16-5-8-20(9-6-16)26-31-27(36-32-26)24-18(3)33(21-12-7-17(2)23(29)15-21)28(34)30-25(24)19-10-13-22(35-4)14-11-19/h5-15,25H,1-4H3,(H,30,34). The van der Waals surface area contributed by atoms with Gasteiger partial charge in [0.05, 0.1) is 24.4 Å². The van der Waals surface area contributed by atoms with Crippen molar-refractivity contribution in [2.24, 2.45) is 0 Å². The molecule has 0 bridgehead atoms. The molecule has 0 spiro atoms. The molecular formula is C28H25FN4O3. The molecule has 0 saturated heterocycles. The Hall–Kier alpha value is -4.46. The largest absolute Gasteiger partial charge is 0.497 e. The Morgan fingerprint density at radius 3 is 2.39 bits per heavy atom. The van der Waals surface area contributed by atoms with Gasteiger partial charge in [0.1, 0.15) is 11.6 Å². The van der Waals surface area contributed by atoms with E-state index in [0.29, 0.717) is 34.1 Å². The Morgan fingerprint density at radius 1 is 1.00 bits per heavy atom. The number of hydrogen-bond donors (Lipinski definition) is 1. The zero-order valence-electron chi connectivity index (χ0n) is 20.4. The molecule has 1 aliphatic heterocycles. The number of carbonyl (C=O) groups excluding carboxylic acids is 1. The van der Waals surface area contributed by atoms with Gasteiger partial charge >= 0.3 is 6.03 Å². The number of hydrogen-bond acceptors (Lipinski definition) is 5. The van der Waals surface area contributed by atoms with E-state index in [1.165, 1.54) is 11.0 Å². The zero-order chi connectivity index (χ0) is 25.4. The van der Waals surface area contributed by atoms with Crippen LogP contribution in [0.4, 0.5) is 14.9 Å². The van der Waals surface area contributed by atoms with E-state index in [1.54, 1.807) is 33.1 Å². The lowest BCUT2D eigenvalue weighted by atomic mass is 9.94. The molecule has 8 heteroatoms. The van der Waals surface area contributed by atoms with Crippen LogP contribution in [-0.2, 0) is 0 Å². The molecule has 1 aromatic heterocycles. The van der Waals surface area contributed by atoms with Gasteiger partial charge in [-0.25, -0.2) is 9.18 Å². The molecule has 182 valence electrons. The Labute approximate surface area is 208 Å². The van der Waals surface area contributed by atoms with E-state index >= 15 is 0 Å². The van der Waals surface area contributed by atoms with E-state index in [1.807, 2.05) is 55.5 Å². The number of halogens is 1. The molecular weight excluding hydrogens is 459 g/mol. The van der Waals surface area contributed by atoms with Crippen molar-refractivity contribution in [1.82, 2.24) is 15.5 Å². The summed E-state index contributed by atoms with van der Waals surface area (Å²) in [6, 6.07) is 18.9. The molecule has 1 atom stereocenters. The molecule has 2 amide bonds. The molecule has 3 aromatic carbocycles. The predicted molar refractivity (Wildman–Crippen MR) is 135 cm³/mol. The lowest BCUT2D eigenvalue weighted by Gasteiger charge is -2.35. The summed E-state index contributed by atoms with van der Waals surface area (Å²) >= 11 is 0. The van der Waals surface area contributed by atoms with Gasteiger partial charge in [-0.2, -0.15) is 4.98 Å². The van der Waals surface area contributed by atoms with E-state index in [2.05, 4.69) is 15.5 Å². The van der Waals surface area contributed by atoms with Gasteiger partial charge in [0.2, 0.25) is 5.82 Å². The van der Waals surface area contributed by atoms with Crippen molar-refractivity contribution >= 4 is 17.3 Å². The SMILES string of the molecule is COc1ccc(C2NC(=O)N(c3ccc(C)c(F)c3)C(C)=C2c2nc(-c3ccc(C)cc3)no2)cc1. The highest BCUT2D eigenvalue weighted by Crippen LogP contribution is 2.39. The number of anilines is 1. The van der Waals surface area contributed by atoms with Gasteiger partial charge < -0.3 is 14.6 Å². The minimum atomic E-state index is -0.568. The number of aromatic nitrogens is 2. The second-order valence-electron chi connectivity index (χ2n) is 8.71. The van der Waals surface area contributed by atoms with E-state index < -0.39 is 17.9 Å². The summed E-state index contributed by atoms with van der Waals surface area (Å²) < 4.78 is 25.4. The van der Waals surface area contributed by atoms with E-state index in [0.717, 1.165) is 16.7 Å². The van der Waals surface area contributed by atoms with Crippen molar-refractivity contribution in [3.8, 4) is 17.1 Å². The lowest BCUT2D eigenvalue weighted by molar-refractivity contribution is 0.244. The third-order valence-electron chi connectivity index (χ3n) is 6.31. The van der Waals surface area contributed by atoms with Crippen LogP contribution in [0.3, 0.4) is 0 Å². The van der Waals surface area contributed by atoms with Crippen LogP contribution in [0.5, 0.6) is 5.75 Å². The Bertz CT molecular complexity index is 1460. The quantitative estimate of drug-likeness (QED) is 0.365. The number of ether oxygens (including phenoxy) is 1. The summed E-state index contributed by atoms with van der Waals surface area (Å²) in [5.74, 6) is 0.996. The van der Waals surface area contributed by atoms with Crippen LogP contribution >= 0.6 is 0 Å². The molecule has 7 nitrogen and oxygen atoms in total. The van der Waals surface area contributed by atoms with Crippen LogP contribution in [0.15, 0.2) is 77.0 Å². The maximum atomic E-state index is 14.4. The maximum Gasteiger partial charge on any atom is 0.327 e. The topological polar surface area (TPSA) is 80.5 Å². The average Bonchev–Trinajstić information content (AvgIpc) is 3.36. The van der Waals surface area contributed by atoms with E-state index in [4.69, 9.17) is 9.26 Å². The molecule has 5 rings (SSSR count). The first kappa shape index (κ1) is 23.3. The van der Waals surface area contributed by atoms with Crippen molar-refractivity contribution in [2.75, 3.05) is 12.0 Å². The summed E-state index contributed by atoms with van der Waals surface area (Å²) in [6.45, 7) is 5.47. The van der Waals surface area contributed by atoms with E-state index in [9.17, 15) is 9.18 Å². The number of benzene rings is 3. The first-order chi connectivity index (χ1) is 17.4. The summed E-state index contributed by atoms with van der Waals surface area (Å²) in [7, 11) is 1.59. The van der Waals surface area contributed by atoms with E-state index in [-0.39, 0.29) is 5.89 Å². The highest BCUT2D eigenvalue weighted by atomic mass is 19.1. The van der Waals surface area contributed by atoms with Crippen LogP contribution in [0.25, 0.3) is 17.0 Å². The first-order valence-electron chi connectivity index (χ1n) is 11.5. The predicted octanol–water partition coefficient (Wildman–Crippen LogP) is 6.20. The second-order valence-corrected chi connectivity index (χ2v) is 8.71. The number of nitrogens with zero attached hydrogens (tertiary/aromatic N) is 3. The molecule has 2 heterocycles. The Balaban J connectivity index is 1.65. The summed E-state index contributed by atoms with van der Waals surface area (Å²) in [4.78, 5) is 19.4. The second kappa shape index (κ2) is 9.30. The highest BCUT2D eigenvalue weighted by Gasteiger charge is 2.36. The van der Waals surface area contributed by atoms with Crippen molar-refractivity contribution in [3.63, 3.8) is 0 Å². The monoisotopic (exact) mass is 484 g/mol. The number of rotatable bonds is 5. The maximum absolute atomic E-state index is 14.4. The number of urea groups is 1. The fourth-order valence-electron chi connectivity index (χ4n) is 4.25. The van der Waals surface area contributed by atoms with Crippen molar-refractivity contribution in [3.05, 3.63) is 101 Å². The molecule has 36 heavy (non-hydrogen) atoms. The number of aryl methyl sites for hydroxylation is 2. The molecule has 1 N–H and O–H groups in total. The molecule has 0 radical (unpaired) electrons. The third kappa shape index (κ3) is 4.22. The third-order valence-corrected chi connectivity index (χ3v) is 6.31.